The number of non-ortho nitro benzene ring substituents is 1. The maximum atomic E-state index is 12.9. The number of anilines is 1. The summed E-state index contributed by atoms with van der Waals surface area (Å²) in [5.41, 5.74) is -0.292. The van der Waals surface area contributed by atoms with Gasteiger partial charge in [-0.15, -0.1) is 0 Å². The first-order chi connectivity index (χ1) is 12.1. The molecule has 1 aliphatic rings. The molecule has 1 saturated heterocycles. The van der Waals surface area contributed by atoms with E-state index >= 15 is 0 Å². The number of nitrogens with one attached hydrogen (secondary N) is 1. The molecule has 26 heavy (non-hydrogen) atoms. The average molecular weight is 385 g/mol. The van der Waals surface area contributed by atoms with Gasteiger partial charge in [0.15, 0.2) is 0 Å². The van der Waals surface area contributed by atoms with Crippen molar-refractivity contribution in [3.8, 4) is 0 Å². The van der Waals surface area contributed by atoms with Crippen molar-refractivity contribution >= 4 is 27.4 Å². The highest BCUT2D eigenvalue weighted by molar-refractivity contribution is 7.89. The summed E-state index contributed by atoms with van der Waals surface area (Å²) in [5.74, 6) is -1.04. The Balaban J connectivity index is 2.48. The number of nitrogens with zero attached hydrogens (tertiary/aromatic N) is 2. The molecule has 0 saturated carbocycles. The average Bonchev–Trinajstić information content (AvgIpc) is 3.09. The van der Waals surface area contributed by atoms with Crippen LogP contribution in [0.2, 0.25) is 0 Å². The van der Waals surface area contributed by atoms with Crippen molar-refractivity contribution in [2.24, 2.45) is 5.92 Å². The second-order valence-electron chi connectivity index (χ2n) is 6.71. The second-order valence-corrected chi connectivity index (χ2v) is 8.62. The van der Waals surface area contributed by atoms with Crippen molar-refractivity contribution in [1.29, 1.82) is 0 Å². The monoisotopic (exact) mass is 385 g/mol. The van der Waals surface area contributed by atoms with Crippen molar-refractivity contribution < 1.29 is 23.2 Å². The third-order valence-electron chi connectivity index (χ3n) is 4.19. The van der Waals surface area contributed by atoms with E-state index < -0.39 is 27.0 Å². The molecule has 1 fully saturated rings. The van der Waals surface area contributed by atoms with Crippen molar-refractivity contribution in [2.75, 3.05) is 18.4 Å². The van der Waals surface area contributed by atoms with E-state index in [-0.39, 0.29) is 28.6 Å². The molecule has 1 aliphatic heterocycles. The fraction of sp³-hybridized carbons (Fsp3) is 0.562. The maximum absolute atomic E-state index is 12.9. The minimum atomic E-state index is -3.95. The Kier molecular flexibility index (Phi) is 6.19. The normalized spacial score (nSPS) is 16.6. The number of carboxylic acids is 1. The summed E-state index contributed by atoms with van der Waals surface area (Å²) in [6.45, 7) is 4.41. The van der Waals surface area contributed by atoms with Gasteiger partial charge in [-0.2, -0.15) is 4.31 Å². The Morgan fingerprint density at radius 2 is 1.96 bits per heavy atom. The van der Waals surface area contributed by atoms with E-state index in [1.165, 1.54) is 16.4 Å². The fourth-order valence-corrected chi connectivity index (χ4v) is 4.60. The molecule has 1 aromatic rings. The quantitative estimate of drug-likeness (QED) is 0.518. The van der Waals surface area contributed by atoms with Crippen molar-refractivity contribution in [3.05, 3.63) is 28.3 Å². The highest BCUT2D eigenvalue weighted by Crippen LogP contribution is 2.31. The summed E-state index contributed by atoms with van der Waals surface area (Å²) >= 11 is 0. The predicted octanol–water partition coefficient (Wildman–Crippen LogP) is 2.29. The summed E-state index contributed by atoms with van der Waals surface area (Å²) in [6, 6.07) is 2.42. The zero-order chi connectivity index (χ0) is 19.5. The van der Waals surface area contributed by atoms with E-state index in [0.29, 0.717) is 13.1 Å². The molecule has 0 aliphatic carbocycles. The molecule has 0 radical (unpaired) electrons. The summed E-state index contributed by atoms with van der Waals surface area (Å²) < 4.78 is 27.1. The number of carboxylic acid groups (broad SMARTS) is 1. The van der Waals surface area contributed by atoms with Crippen molar-refractivity contribution in [2.45, 2.75) is 44.0 Å². The van der Waals surface area contributed by atoms with Crippen molar-refractivity contribution in [3.63, 3.8) is 0 Å². The van der Waals surface area contributed by atoms with Gasteiger partial charge in [0.2, 0.25) is 10.0 Å². The molecule has 2 rings (SSSR count). The summed E-state index contributed by atoms with van der Waals surface area (Å²) in [6.07, 6.45) is 1.74. The van der Waals surface area contributed by atoms with Gasteiger partial charge in [0, 0.05) is 25.2 Å². The van der Waals surface area contributed by atoms with Crippen LogP contribution in [-0.4, -0.2) is 47.9 Å². The van der Waals surface area contributed by atoms with Crippen LogP contribution in [0.4, 0.5) is 11.4 Å². The lowest BCUT2D eigenvalue weighted by atomic mass is 10.0. The molecule has 9 nitrogen and oxygen atoms in total. The molecule has 2 N–H and O–H groups in total. The van der Waals surface area contributed by atoms with Crippen LogP contribution in [0.1, 0.15) is 33.1 Å². The van der Waals surface area contributed by atoms with Crippen LogP contribution in [0.15, 0.2) is 23.1 Å². The van der Waals surface area contributed by atoms with Gasteiger partial charge in [0.25, 0.3) is 5.69 Å². The highest BCUT2D eigenvalue weighted by Gasteiger charge is 2.32. The van der Waals surface area contributed by atoms with Gasteiger partial charge >= 0.3 is 5.97 Å². The van der Waals surface area contributed by atoms with Crippen LogP contribution in [0.5, 0.6) is 0 Å². The number of aliphatic carboxylic acids is 1. The lowest BCUT2D eigenvalue weighted by Gasteiger charge is -2.22. The summed E-state index contributed by atoms with van der Waals surface area (Å²) in [4.78, 5) is 21.6. The van der Waals surface area contributed by atoms with Gasteiger partial charge in [-0.1, -0.05) is 13.8 Å². The topological polar surface area (TPSA) is 130 Å². The van der Waals surface area contributed by atoms with Gasteiger partial charge in [0.05, 0.1) is 10.6 Å². The Labute approximate surface area is 152 Å². The first-order valence-corrected chi connectivity index (χ1v) is 9.85. The first kappa shape index (κ1) is 20.1. The lowest BCUT2D eigenvalue weighted by Crippen LogP contribution is -2.33. The zero-order valence-electron chi connectivity index (χ0n) is 14.7. The van der Waals surface area contributed by atoms with E-state index in [4.69, 9.17) is 0 Å². The van der Waals surface area contributed by atoms with Crippen molar-refractivity contribution in [1.82, 2.24) is 4.31 Å². The number of sulfonamides is 1. The lowest BCUT2D eigenvalue weighted by molar-refractivity contribution is -0.385. The van der Waals surface area contributed by atoms with Gasteiger partial charge in [0.1, 0.15) is 10.9 Å². The molecule has 0 spiro atoms. The van der Waals surface area contributed by atoms with Crippen LogP contribution in [0.3, 0.4) is 0 Å². The number of benzene rings is 1. The maximum Gasteiger partial charge on any atom is 0.326 e. The molecule has 1 aromatic carbocycles. The minimum Gasteiger partial charge on any atom is -0.480 e. The number of nitro benzene ring substituents is 1. The van der Waals surface area contributed by atoms with Crippen LogP contribution >= 0.6 is 0 Å². The van der Waals surface area contributed by atoms with E-state index in [0.717, 1.165) is 18.9 Å². The first-order valence-electron chi connectivity index (χ1n) is 8.41. The number of nitro groups is 1. The summed E-state index contributed by atoms with van der Waals surface area (Å²) in [7, 11) is -3.95. The number of hydrogen-bond donors (Lipinski definition) is 2. The van der Waals surface area contributed by atoms with Gasteiger partial charge in [-0.3, -0.25) is 10.1 Å². The Bertz CT molecular complexity index is 787. The van der Waals surface area contributed by atoms with Gasteiger partial charge in [-0.25, -0.2) is 13.2 Å². The van der Waals surface area contributed by atoms with Crippen LogP contribution in [0, 0.1) is 16.0 Å². The Morgan fingerprint density at radius 3 is 2.46 bits per heavy atom. The SMILES string of the molecule is CC(C)C[C@@H](Nc1ccc([N+](=O)[O-])cc1S(=O)(=O)N1CCCC1)C(=O)O. The molecule has 1 heterocycles. The third kappa shape index (κ3) is 4.50. The van der Waals surface area contributed by atoms with Crippen LogP contribution < -0.4 is 5.32 Å². The standard InChI is InChI=1S/C16H23N3O6S/c1-11(2)9-14(16(20)21)17-13-6-5-12(19(22)23)10-15(13)26(24,25)18-7-3-4-8-18/h5-6,10-11,14,17H,3-4,7-9H2,1-2H3,(H,20,21)/t14-/m1/s1. The van der Waals surface area contributed by atoms with E-state index in [1.54, 1.807) is 0 Å². The summed E-state index contributed by atoms with van der Waals surface area (Å²) in [5, 5.41) is 23.2. The van der Waals surface area contributed by atoms with E-state index in [1.807, 2.05) is 13.8 Å². The molecule has 0 aromatic heterocycles. The Hall–Kier alpha value is -2.20. The largest absolute Gasteiger partial charge is 0.480 e. The van der Waals surface area contributed by atoms with E-state index in [9.17, 15) is 28.4 Å². The molecule has 0 unspecified atom stereocenters. The number of carbonyl (C=O) groups is 1. The fourth-order valence-electron chi connectivity index (χ4n) is 2.91. The van der Waals surface area contributed by atoms with Gasteiger partial charge < -0.3 is 10.4 Å². The smallest absolute Gasteiger partial charge is 0.326 e. The number of rotatable bonds is 8. The molecule has 0 bridgehead atoms. The molecular formula is C16H23N3O6S. The Morgan fingerprint density at radius 1 is 1.35 bits per heavy atom. The van der Waals surface area contributed by atoms with Crippen LogP contribution in [0.25, 0.3) is 0 Å². The second kappa shape index (κ2) is 8.00. The predicted molar refractivity (Wildman–Crippen MR) is 95.6 cm³/mol. The van der Waals surface area contributed by atoms with Gasteiger partial charge in [-0.05, 0) is 31.2 Å². The number of hydrogen-bond acceptors (Lipinski definition) is 6. The highest BCUT2D eigenvalue weighted by atomic mass is 32.2. The third-order valence-corrected chi connectivity index (χ3v) is 6.13. The van der Waals surface area contributed by atoms with Crippen LogP contribution in [-0.2, 0) is 14.8 Å². The molecule has 144 valence electrons. The molecule has 0 amide bonds. The van der Waals surface area contributed by atoms with E-state index in [2.05, 4.69) is 5.32 Å². The molecule has 1 atom stereocenters. The minimum absolute atomic E-state index is 0.0653. The molecular weight excluding hydrogens is 362 g/mol. The zero-order valence-corrected chi connectivity index (χ0v) is 15.5. The molecule has 10 heteroatoms.